The highest BCUT2D eigenvalue weighted by Gasteiger charge is 2.11. The van der Waals surface area contributed by atoms with Crippen molar-refractivity contribution in [1.29, 1.82) is 0 Å². The Morgan fingerprint density at radius 2 is 2.12 bits per heavy atom. The first-order valence-electron chi connectivity index (χ1n) is 5.66. The molecule has 0 radical (unpaired) electrons. The van der Waals surface area contributed by atoms with Gasteiger partial charge in [0.2, 0.25) is 5.91 Å². The Hall–Kier alpha value is -1.62. The number of carbonyl (C=O) groups is 1. The molecular formula is C12H20N4O. The third-order valence-electron chi connectivity index (χ3n) is 2.88. The maximum atomic E-state index is 10.9. The van der Waals surface area contributed by atoms with Gasteiger partial charge >= 0.3 is 0 Å². The van der Waals surface area contributed by atoms with E-state index in [1.54, 1.807) is 6.20 Å². The Balaban J connectivity index is 2.87. The van der Waals surface area contributed by atoms with Crippen LogP contribution in [0.5, 0.6) is 0 Å². The van der Waals surface area contributed by atoms with Gasteiger partial charge in [-0.1, -0.05) is 6.92 Å². The van der Waals surface area contributed by atoms with Crippen LogP contribution in [0.4, 0.5) is 5.69 Å². The number of primary amides is 1. The fraction of sp³-hybridized carbons (Fsp3) is 0.500. The van der Waals surface area contributed by atoms with Gasteiger partial charge in [-0.2, -0.15) is 0 Å². The van der Waals surface area contributed by atoms with Crippen LogP contribution in [0.25, 0.3) is 0 Å². The van der Waals surface area contributed by atoms with E-state index in [1.165, 1.54) is 0 Å². The number of likely N-dealkylation sites (N-methyl/N-ethyl adjacent to an activating group) is 1. The summed E-state index contributed by atoms with van der Waals surface area (Å²) in [5.74, 6) is -0.329. The van der Waals surface area contributed by atoms with Crippen LogP contribution in [0.2, 0.25) is 0 Å². The highest BCUT2D eigenvalue weighted by atomic mass is 16.1. The second-order valence-electron chi connectivity index (χ2n) is 4.20. The smallest absolute Gasteiger partial charge is 0.231 e. The zero-order valence-electron chi connectivity index (χ0n) is 10.7. The van der Waals surface area contributed by atoms with Crippen molar-refractivity contribution in [3.05, 3.63) is 23.0 Å². The summed E-state index contributed by atoms with van der Waals surface area (Å²) >= 11 is 0. The second kappa shape index (κ2) is 5.63. The van der Waals surface area contributed by atoms with E-state index in [0.29, 0.717) is 6.54 Å². The molecule has 0 aliphatic rings. The van der Waals surface area contributed by atoms with E-state index in [2.05, 4.69) is 4.98 Å². The summed E-state index contributed by atoms with van der Waals surface area (Å²) < 4.78 is 0. The third-order valence-corrected chi connectivity index (χ3v) is 2.88. The number of hydrogen-bond acceptors (Lipinski definition) is 4. The molecule has 0 aliphatic carbocycles. The van der Waals surface area contributed by atoms with Crippen molar-refractivity contribution in [2.24, 2.45) is 5.73 Å². The zero-order valence-corrected chi connectivity index (χ0v) is 10.7. The first-order valence-corrected chi connectivity index (χ1v) is 5.66. The maximum Gasteiger partial charge on any atom is 0.231 e. The van der Waals surface area contributed by atoms with Crippen molar-refractivity contribution in [1.82, 2.24) is 9.88 Å². The number of nitrogens with two attached hydrogens (primary N) is 2. The van der Waals surface area contributed by atoms with E-state index in [9.17, 15) is 4.79 Å². The van der Waals surface area contributed by atoms with Gasteiger partial charge in [0.05, 0.1) is 12.2 Å². The minimum Gasteiger partial charge on any atom is -0.398 e. The lowest BCUT2D eigenvalue weighted by atomic mass is 10.1. The minimum atomic E-state index is -0.329. The van der Waals surface area contributed by atoms with Gasteiger partial charge in [-0.3, -0.25) is 14.7 Å². The highest BCUT2D eigenvalue weighted by Crippen LogP contribution is 2.18. The number of aryl methyl sites for hydroxylation is 1. The molecule has 0 atom stereocenters. The van der Waals surface area contributed by atoms with E-state index in [-0.39, 0.29) is 12.5 Å². The van der Waals surface area contributed by atoms with Gasteiger partial charge in [0.15, 0.2) is 0 Å². The fourth-order valence-electron chi connectivity index (χ4n) is 1.66. The summed E-state index contributed by atoms with van der Waals surface area (Å²) in [6.45, 7) is 7.44. The number of hydrogen-bond donors (Lipinski definition) is 2. The summed E-state index contributed by atoms with van der Waals surface area (Å²) in [4.78, 5) is 17.2. The zero-order chi connectivity index (χ0) is 13.0. The number of anilines is 1. The summed E-state index contributed by atoms with van der Waals surface area (Å²) in [6, 6.07) is 0. The molecule has 4 N–H and O–H groups in total. The molecule has 0 saturated carbocycles. The van der Waals surface area contributed by atoms with Crippen LogP contribution < -0.4 is 11.5 Å². The molecule has 94 valence electrons. The predicted molar refractivity (Wildman–Crippen MR) is 68.3 cm³/mol. The maximum absolute atomic E-state index is 10.9. The molecule has 0 fully saturated rings. The molecule has 5 heteroatoms. The number of nitrogen functional groups attached to an aromatic ring is 1. The van der Waals surface area contributed by atoms with Gasteiger partial charge in [0.25, 0.3) is 0 Å². The summed E-state index contributed by atoms with van der Waals surface area (Å²) in [7, 11) is 0. The van der Waals surface area contributed by atoms with Crippen LogP contribution in [0.3, 0.4) is 0 Å². The second-order valence-corrected chi connectivity index (χ2v) is 4.20. The Kier molecular flexibility index (Phi) is 4.45. The minimum absolute atomic E-state index is 0.241. The van der Waals surface area contributed by atoms with Gasteiger partial charge in [0.1, 0.15) is 0 Å². The lowest BCUT2D eigenvalue weighted by Crippen LogP contribution is -2.33. The van der Waals surface area contributed by atoms with Crippen LogP contribution in [0, 0.1) is 13.8 Å². The molecule has 5 nitrogen and oxygen atoms in total. The van der Waals surface area contributed by atoms with Crippen molar-refractivity contribution in [2.75, 3.05) is 18.8 Å². The summed E-state index contributed by atoms with van der Waals surface area (Å²) in [5.41, 5.74) is 14.8. The van der Waals surface area contributed by atoms with Crippen LogP contribution >= 0.6 is 0 Å². The van der Waals surface area contributed by atoms with Crippen LogP contribution in [-0.2, 0) is 11.3 Å². The van der Waals surface area contributed by atoms with E-state index in [4.69, 9.17) is 11.5 Å². The lowest BCUT2D eigenvalue weighted by Gasteiger charge is -2.19. The summed E-state index contributed by atoms with van der Waals surface area (Å²) in [6.07, 6.45) is 1.76. The first-order chi connectivity index (χ1) is 7.95. The standard InChI is InChI=1S/C12H20N4O/c1-4-16(7-11(13)17)6-10-9(3)12(14)8(2)5-15-10/h5H,4,6-7H2,1-3H3,(H2,13,17)(H2,14,15). The summed E-state index contributed by atoms with van der Waals surface area (Å²) in [5, 5.41) is 0. The molecule has 1 heterocycles. The SMILES string of the molecule is CCN(CC(N)=O)Cc1ncc(C)c(N)c1C. The predicted octanol–water partition coefficient (Wildman–Crippen LogP) is 0.588. The normalized spacial score (nSPS) is 10.8. The van der Waals surface area contributed by atoms with Crippen LogP contribution in [0.1, 0.15) is 23.7 Å². The number of aromatic nitrogens is 1. The first kappa shape index (κ1) is 13.4. The quantitative estimate of drug-likeness (QED) is 0.783. The molecule has 0 aliphatic heterocycles. The highest BCUT2D eigenvalue weighted by molar-refractivity contribution is 5.75. The third kappa shape index (κ3) is 3.42. The topological polar surface area (TPSA) is 85.2 Å². The Morgan fingerprint density at radius 3 is 2.65 bits per heavy atom. The lowest BCUT2D eigenvalue weighted by molar-refractivity contribution is -0.119. The van der Waals surface area contributed by atoms with E-state index in [1.807, 2.05) is 25.7 Å². The molecule has 0 saturated heterocycles. The van der Waals surface area contributed by atoms with Crippen molar-refractivity contribution in [3.63, 3.8) is 0 Å². The van der Waals surface area contributed by atoms with Crippen LogP contribution in [0.15, 0.2) is 6.20 Å². The molecule has 1 aromatic heterocycles. The van der Waals surface area contributed by atoms with E-state index < -0.39 is 0 Å². The van der Waals surface area contributed by atoms with E-state index >= 15 is 0 Å². The number of carbonyl (C=O) groups excluding carboxylic acids is 1. The molecular weight excluding hydrogens is 216 g/mol. The van der Waals surface area contributed by atoms with Crippen molar-refractivity contribution < 1.29 is 4.79 Å². The van der Waals surface area contributed by atoms with Gasteiger partial charge in [-0.15, -0.1) is 0 Å². The number of amides is 1. The Morgan fingerprint density at radius 1 is 1.47 bits per heavy atom. The van der Waals surface area contributed by atoms with Crippen LogP contribution in [-0.4, -0.2) is 28.9 Å². The van der Waals surface area contributed by atoms with Gasteiger partial charge in [-0.25, -0.2) is 0 Å². The molecule has 0 aromatic carbocycles. The molecule has 1 aromatic rings. The molecule has 1 amide bonds. The number of nitrogens with zero attached hydrogens (tertiary/aromatic N) is 2. The van der Waals surface area contributed by atoms with Gasteiger partial charge in [-0.05, 0) is 31.5 Å². The average molecular weight is 236 g/mol. The Labute approximate surface area is 102 Å². The average Bonchev–Trinajstić information content (AvgIpc) is 2.28. The fourth-order valence-corrected chi connectivity index (χ4v) is 1.66. The molecule has 0 unspecified atom stereocenters. The Bertz CT molecular complexity index is 417. The van der Waals surface area contributed by atoms with Crippen molar-refractivity contribution in [2.45, 2.75) is 27.3 Å². The number of pyridine rings is 1. The molecule has 17 heavy (non-hydrogen) atoms. The largest absolute Gasteiger partial charge is 0.398 e. The van der Waals surface area contributed by atoms with Crippen molar-refractivity contribution >= 4 is 11.6 Å². The van der Waals surface area contributed by atoms with Gasteiger partial charge in [0, 0.05) is 18.4 Å². The van der Waals surface area contributed by atoms with E-state index in [0.717, 1.165) is 29.1 Å². The molecule has 1 rings (SSSR count). The van der Waals surface area contributed by atoms with Crippen molar-refractivity contribution in [3.8, 4) is 0 Å². The molecule has 0 spiro atoms. The molecule has 0 bridgehead atoms. The van der Waals surface area contributed by atoms with Gasteiger partial charge < -0.3 is 11.5 Å². The number of rotatable bonds is 5. The monoisotopic (exact) mass is 236 g/mol.